The maximum Gasteiger partial charge on any atom is 0.306 e. The van der Waals surface area contributed by atoms with Gasteiger partial charge >= 0.3 is 17.9 Å². The molecule has 1 unspecified atom stereocenters. The van der Waals surface area contributed by atoms with Crippen LogP contribution in [-0.4, -0.2) is 37.2 Å². The number of hydrogen-bond acceptors (Lipinski definition) is 6. The van der Waals surface area contributed by atoms with Crippen LogP contribution in [0.4, 0.5) is 0 Å². The summed E-state index contributed by atoms with van der Waals surface area (Å²) in [5.74, 6) is -0.863. The van der Waals surface area contributed by atoms with Gasteiger partial charge in [-0.15, -0.1) is 0 Å². The van der Waals surface area contributed by atoms with E-state index in [1.54, 1.807) is 0 Å². The molecule has 0 radical (unpaired) electrons. The Hall–Kier alpha value is -2.63. The molecule has 0 aromatic rings. The van der Waals surface area contributed by atoms with E-state index in [0.29, 0.717) is 19.3 Å². The molecule has 6 nitrogen and oxygen atoms in total. The first-order valence-corrected chi connectivity index (χ1v) is 35.1. The predicted octanol–water partition coefficient (Wildman–Crippen LogP) is 24.1. The molecular weight excluding hydrogens is 973 g/mol. The predicted molar refractivity (Wildman–Crippen MR) is 344 cm³/mol. The molecule has 0 fully saturated rings. The van der Waals surface area contributed by atoms with Crippen LogP contribution in [0.1, 0.15) is 380 Å². The zero-order valence-corrected chi connectivity index (χ0v) is 53.2. The van der Waals surface area contributed by atoms with Crippen molar-refractivity contribution in [3.8, 4) is 0 Å². The fourth-order valence-corrected chi connectivity index (χ4v) is 10.5. The molecule has 0 aliphatic heterocycles. The summed E-state index contributed by atoms with van der Waals surface area (Å²) in [5, 5.41) is 0. The van der Waals surface area contributed by atoms with Crippen molar-refractivity contribution in [1.82, 2.24) is 0 Å². The van der Waals surface area contributed by atoms with Crippen molar-refractivity contribution in [3.63, 3.8) is 0 Å². The molecule has 1 atom stereocenters. The number of esters is 3. The van der Waals surface area contributed by atoms with E-state index >= 15 is 0 Å². The van der Waals surface area contributed by atoms with Gasteiger partial charge in [-0.25, -0.2) is 0 Å². The molecule has 0 aromatic heterocycles. The Morgan fingerprint density at radius 2 is 0.481 bits per heavy atom. The molecule has 6 heteroatoms. The third-order valence-electron chi connectivity index (χ3n) is 15.8. The summed E-state index contributed by atoms with van der Waals surface area (Å²) in [7, 11) is 0. The molecular formula is C73H134O6. The number of carbonyl (C=O) groups excluding carboxylic acids is 3. The lowest BCUT2D eigenvalue weighted by Crippen LogP contribution is -2.30. The summed E-state index contributed by atoms with van der Waals surface area (Å²) in [6.07, 6.45) is 85.7. The largest absolute Gasteiger partial charge is 0.462 e. The van der Waals surface area contributed by atoms with Crippen molar-refractivity contribution in [3.05, 3.63) is 48.6 Å². The minimum absolute atomic E-state index is 0.0739. The smallest absolute Gasteiger partial charge is 0.306 e. The van der Waals surface area contributed by atoms with E-state index in [9.17, 15) is 14.4 Å². The van der Waals surface area contributed by atoms with Crippen molar-refractivity contribution < 1.29 is 28.6 Å². The summed E-state index contributed by atoms with van der Waals surface area (Å²) >= 11 is 0. The Bertz CT molecular complexity index is 1360. The van der Waals surface area contributed by atoms with Crippen LogP contribution in [0.25, 0.3) is 0 Å². The number of allylic oxidation sites excluding steroid dienone is 8. The summed E-state index contributed by atoms with van der Waals surface area (Å²) in [5.41, 5.74) is 0. The van der Waals surface area contributed by atoms with Crippen molar-refractivity contribution in [2.75, 3.05) is 13.2 Å². The van der Waals surface area contributed by atoms with Crippen LogP contribution >= 0.6 is 0 Å². The third kappa shape index (κ3) is 66.1. The Morgan fingerprint density at radius 1 is 0.253 bits per heavy atom. The SMILES string of the molecule is CCC/C=C\C/C=C\CCCCCCCC(=O)OCC(COC(=O)CCCCCCCCCCCCCCC/C=C\C/C=C\CCCCCCC)OC(=O)CCCCCCCCCCCCCCCCCCCCCCCCC. The Labute approximate surface area is 492 Å². The lowest BCUT2D eigenvalue weighted by molar-refractivity contribution is -0.167. The lowest BCUT2D eigenvalue weighted by atomic mass is 10.0. The van der Waals surface area contributed by atoms with Gasteiger partial charge in [-0.2, -0.15) is 0 Å². The fraction of sp³-hybridized carbons (Fsp3) is 0.849. The zero-order valence-electron chi connectivity index (χ0n) is 53.2. The summed E-state index contributed by atoms with van der Waals surface area (Å²) < 4.78 is 17.0. The van der Waals surface area contributed by atoms with Crippen LogP contribution in [0.15, 0.2) is 48.6 Å². The van der Waals surface area contributed by atoms with Crippen LogP contribution in [0, 0.1) is 0 Å². The average molecular weight is 1110 g/mol. The fourth-order valence-electron chi connectivity index (χ4n) is 10.5. The van der Waals surface area contributed by atoms with Crippen molar-refractivity contribution in [2.45, 2.75) is 386 Å². The first-order chi connectivity index (χ1) is 39.0. The maximum absolute atomic E-state index is 12.9. The first-order valence-electron chi connectivity index (χ1n) is 35.1. The normalized spacial score (nSPS) is 12.3. The number of hydrogen-bond donors (Lipinski definition) is 0. The van der Waals surface area contributed by atoms with Crippen molar-refractivity contribution in [2.24, 2.45) is 0 Å². The van der Waals surface area contributed by atoms with E-state index < -0.39 is 6.10 Å². The second-order valence-electron chi connectivity index (χ2n) is 23.8. The van der Waals surface area contributed by atoms with E-state index in [1.165, 1.54) is 250 Å². The highest BCUT2D eigenvalue weighted by atomic mass is 16.6. The molecule has 79 heavy (non-hydrogen) atoms. The molecule has 0 amide bonds. The second kappa shape index (κ2) is 67.9. The van der Waals surface area contributed by atoms with Gasteiger partial charge in [-0.05, 0) is 77.0 Å². The minimum Gasteiger partial charge on any atom is -0.462 e. The summed E-state index contributed by atoms with van der Waals surface area (Å²) in [4.78, 5) is 38.4. The van der Waals surface area contributed by atoms with E-state index in [-0.39, 0.29) is 31.1 Å². The van der Waals surface area contributed by atoms with E-state index in [1.807, 2.05) is 0 Å². The standard InChI is InChI=1S/C73H134O6/c1-4-7-10-13-16-19-22-25-27-29-31-33-35-36-38-39-41-43-45-48-51-54-57-60-63-66-72(75)78-69-70(68-77-71(74)65-62-59-56-53-50-47-24-21-18-15-12-9-6-3)79-73(76)67-64-61-58-55-52-49-46-44-42-40-37-34-32-30-28-26-23-20-17-14-11-8-5-2/h12,15,21-22,24-25,29,31,70H,4-11,13-14,16-20,23,26-28,30,32-69H2,1-3H3/b15-12-,24-21-,25-22-,31-29-. The maximum atomic E-state index is 12.9. The molecule has 0 heterocycles. The van der Waals surface area contributed by atoms with Gasteiger partial charge in [-0.3, -0.25) is 14.4 Å². The highest BCUT2D eigenvalue weighted by molar-refractivity contribution is 5.71. The zero-order chi connectivity index (χ0) is 57.1. The molecule has 0 bridgehead atoms. The second-order valence-corrected chi connectivity index (χ2v) is 23.8. The van der Waals surface area contributed by atoms with Crippen LogP contribution in [0.2, 0.25) is 0 Å². The van der Waals surface area contributed by atoms with Gasteiger partial charge < -0.3 is 14.2 Å². The molecule has 0 aliphatic carbocycles. The van der Waals surface area contributed by atoms with Gasteiger partial charge in [0.2, 0.25) is 0 Å². The third-order valence-corrected chi connectivity index (χ3v) is 15.8. The van der Waals surface area contributed by atoms with Crippen LogP contribution < -0.4 is 0 Å². The lowest BCUT2D eigenvalue weighted by Gasteiger charge is -2.18. The number of rotatable bonds is 65. The van der Waals surface area contributed by atoms with Gasteiger partial charge in [0.25, 0.3) is 0 Å². The topological polar surface area (TPSA) is 78.9 Å². The van der Waals surface area contributed by atoms with Gasteiger partial charge in [0.15, 0.2) is 6.10 Å². The Kier molecular flexibility index (Phi) is 65.6. The van der Waals surface area contributed by atoms with Gasteiger partial charge in [-0.1, -0.05) is 333 Å². The average Bonchev–Trinajstić information content (AvgIpc) is 3.45. The molecule has 0 aliphatic rings. The van der Waals surface area contributed by atoms with Crippen LogP contribution in [-0.2, 0) is 28.6 Å². The molecule has 0 saturated carbocycles. The highest BCUT2D eigenvalue weighted by Gasteiger charge is 2.19. The summed E-state index contributed by atoms with van der Waals surface area (Å²) in [6, 6.07) is 0. The van der Waals surface area contributed by atoms with Gasteiger partial charge in [0.05, 0.1) is 0 Å². The number of carbonyl (C=O) groups is 3. The number of unbranched alkanes of at least 4 members (excludes halogenated alkanes) is 46. The molecule has 0 rings (SSSR count). The first kappa shape index (κ1) is 76.4. The quantitative estimate of drug-likeness (QED) is 0.0261. The molecule has 0 saturated heterocycles. The van der Waals surface area contributed by atoms with Gasteiger partial charge in [0, 0.05) is 19.3 Å². The summed E-state index contributed by atoms with van der Waals surface area (Å²) in [6.45, 7) is 6.62. The molecule has 0 spiro atoms. The van der Waals surface area contributed by atoms with E-state index in [4.69, 9.17) is 14.2 Å². The van der Waals surface area contributed by atoms with Crippen LogP contribution in [0.3, 0.4) is 0 Å². The molecule has 0 aromatic carbocycles. The minimum atomic E-state index is -0.778. The molecule has 462 valence electrons. The van der Waals surface area contributed by atoms with Crippen molar-refractivity contribution >= 4 is 17.9 Å². The Morgan fingerprint density at radius 3 is 0.747 bits per heavy atom. The van der Waals surface area contributed by atoms with Crippen molar-refractivity contribution in [1.29, 1.82) is 0 Å². The molecule has 0 N–H and O–H groups in total. The monoisotopic (exact) mass is 1110 g/mol. The van der Waals surface area contributed by atoms with Crippen LogP contribution in [0.5, 0.6) is 0 Å². The van der Waals surface area contributed by atoms with Gasteiger partial charge in [0.1, 0.15) is 13.2 Å². The number of ether oxygens (including phenoxy) is 3. The van der Waals surface area contributed by atoms with E-state index in [2.05, 4.69) is 69.4 Å². The van der Waals surface area contributed by atoms with E-state index in [0.717, 1.165) is 89.9 Å². The highest BCUT2D eigenvalue weighted by Crippen LogP contribution is 2.18. The Balaban J connectivity index is 4.24.